The van der Waals surface area contributed by atoms with Gasteiger partial charge in [0.25, 0.3) is 5.69 Å². The summed E-state index contributed by atoms with van der Waals surface area (Å²) < 4.78 is 1.46. The van der Waals surface area contributed by atoms with E-state index in [0.717, 1.165) is 17.7 Å². The average molecular weight is 349 g/mol. The van der Waals surface area contributed by atoms with Crippen molar-refractivity contribution in [2.45, 2.75) is 13.0 Å². The van der Waals surface area contributed by atoms with Crippen molar-refractivity contribution >= 4 is 17.3 Å². The maximum absolute atomic E-state index is 12.6. The van der Waals surface area contributed by atoms with E-state index in [1.165, 1.54) is 23.1 Å². The predicted octanol–water partition coefficient (Wildman–Crippen LogP) is 2.44. The lowest BCUT2D eigenvalue weighted by Gasteiger charge is -2.16. The van der Waals surface area contributed by atoms with E-state index in [0.29, 0.717) is 17.9 Å². The van der Waals surface area contributed by atoms with E-state index in [4.69, 9.17) is 0 Å². The number of hydrogen-bond acceptors (Lipinski definition) is 5. The molecule has 0 unspecified atom stereocenters. The van der Waals surface area contributed by atoms with Crippen LogP contribution in [0.5, 0.6) is 0 Å². The summed E-state index contributed by atoms with van der Waals surface area (Å²) in [6.07, 6.45) is 2.31. The fourth-order valence-corrected chi connectivity index (χ4v) is 3.08. The van der Waals surface area contributed by atoms with Gasteiger partial charge in [-0.3, -0.25) is 14.9 Å². The minimum absolute atomic E-state index is 0.0244. The van der Waals surface area contributed by atoms with E-state index in [1.807, 2.05) is 24.3 Å². The van der Waals surface area contributed by atoms with Crippen molar-refractivity contribution in [2.75, 3.05) is 11.4 Å². The predicted molar refractivity (Wildman–Crippen MR) is 94.6 cm³/mol. The summed E-state index contributed by atoms with van der Waals surface area (Å²) in [4.78, 5) is 29.0. The van der Waals surface area contributed by atoms with Crippen LogP contribution in [0, 0.1) is 10.1 Å². The number of anilines is 1. The summed E-state index contributed by atoms with van der Waals surface area (Å²) in [5.41, 5.74) is 2.62. The molecule has 0 bridgehead atoms. The van der Waals surface area contributed by atoms with Crippen LogP contribution in [0.25, 0.3) is 11.4 Å². The second kappa shape index (κ2) is 6.40. The minimum Gasteiger partial charge on any atom is -0.310 e. The molecule has 0 N–H and O–H groups in total. The largest absolute Gasteiger partial charge is 0.310 e. The SMILES string of the molecule is O=C(Cn1cnc(-c2cccc([N+](=O)[O-])c2)n1)N1CCc2ccccc21. The molecule has 130 valence electrons. The van der Waals surface area contributed by atoms with Crippen molar-refractivity contribution in [1.82, 2.24) is 14.8 Å². The molecule has 4 rings (SSSR count). The van der Waals surface area contributed by atoms with Gasteiger partial charge in [-0.1, -0.05) is 30.3 Å². The Bertz CT molecular complexity index is 998. The first-order valence-corrected chi connectivity index (χ1v) is 8.14. The third-order valence-electron chi connectivity index (χ3n) is 4.34. The number of rotatable bonds is 4. The summed E-state index contributed by atoms with van der Waals surface area (Å²) in [7, 11) is 0. The first kappa shape index (κ1) is 15.9. The lowest BCUT2D eigenvalue weighted by atomic mass is 10.2. The van der Waals surface area contributed by atoms with Crippen LogP contribution in [0.3, 0.4) is 0 Å². The molecule has 8 nitrogen and oxygen atoms in total. The quantitative estimate of drug-likeness (QED) is 0.533. The molecule has 0 saturated heterocycles. The molecule has 0 atom stereocenters. The van der Waals surface area contributed by atoms with Crippen molar-refractivity contribution in [1.29, 1.82) is 0 Å². The zero-order valence-electron chi connectivity index (χ0n) is 13.8. The molecule has 1 aromatic heterocycles. The number of para-hydroxylation sites is 1. The monoisotopic (exact) mass is 349 g/mol. The molecule has 0 aliphatic carbocycles. The first-order valence-electron chi connectivity index (χ1n) is 8.14. The van der Waals surface area contributed by atoms with E-state index in [9.17, 15) is 14.9 Å². The van der Waals surface area contributed by atoms with E-state index in [-0.39, 0.29) is 18.1 Å². The number of benzene rings is 2. The van der Waals surface area contributed by atoms with Gasteiger partial charge >= 0.3 is 0 Å². The Labute approximate surface area is 148 Å². The van der Waals surface area contributed by atoms with Crippen LogP contribution in [-0.2, 0) is 17.8 Å². The maximum Gasteiger partial charge on any atom is 0.270 e. The molecule has 1 aliphatic heterocycles. The Hall–Kier alpha value is -3.55. The van der Waals surface area contributed by atoms with Crippen molar-refractivity contribution in [3.63, 3.8) is 0 Å². The number of nitrogens with zero attached hydrogens (tertiary/aromatic N) is 5. The van der Waals surface area contributed by atoms with Gasteiger partial charge in [0, 0.05) is 29.9 Å². The lowest BCUT2D eigenvalue weighted by Crippen LogP contribution is -2.32. The van der Waals surface area contributed by atoms with Crippen LogP contribution in [0.4, 0.5) is 11.4 Å². The number of fused-ring (bicyclic) bond motifs is 1. The number of carbonyl (C=O) groups excluding carboxylic acids is 1. The second-order valence-electron chi connectivity index (χ2n) is 6.00. The molecule has 2 heterocycles. The molecule has 8 heteroatoms. The fourth-order valence-electron chi connectivity index (χ4n) is 3.08. The average Bonchev–Trinajstić information content (AvgIpc) is 3.28. The first-order chi connectivity index (χ1) is 12.6. The van der Waals surface area contributed by atoms with Gasteiger partial charge in [0.2, 0.25) is 5.91 Å². The number of aromatic nitrogens is 3. The Morgan fingerprint density at radius 1 is 1.19 bits per heavy atom. The van der Waals surface area contributed by atoms with Gasteiger partial charge in [-0.25, -0.2) is 9.67 Å². The molecule has 2 aromatic carbocycles. The number of non-ortho nitro benzene ring substituents is 1. The number of hydrogen-bond donors (Lipinski definition) is 0. The maximum atomic E-state index is 12.6. The lowest BCUT2D eigenvalue weighted by molar-refractivity contribution is -0.384. The van der Waals surface area contributed by atoms with Gasteiger partial charge in [-0.15, -0.1) is 0 Å². The third-order valence-corrected chi connectivity index (χ3v) is 4.34. The highest BCUT2D eigenvalue weighted by Crippen LogP contribution is 2.27. The van der Waals surface area contributed by atoms with Crippen LogP contribution in [0.2, 0.25) is 0 Å². The van der Waals surface area contributed by atoms with Gasteiger partial charge in [0.15, 0.2) is 5.82 Å². The molecular weight excluding hydrogens is 334 g/mol. The van der Waals surface area contributed by atoms with Crippen LogP contribution >= 0.6 is 0 Å². The normalized spacial score (nSPS) is 12.8. The van der Waals surface area contributed by atoms with Gasteiger partial charge in [-0.2, -0.15) is 5.10 Å². The summed E-state index contributed by atoms with van der Waals surface area (Å²) in [5.74, 6) is 0.286. The Morgan fingerprint density at radius 2 is 2.04 bits per heavy atom. The molecule has 0 saturated carbocycles. The Morgan fingerprint density at radius 3 is 2.88 bits per heavy atom. The zero-order valence-corrected chi connectivity index (χ0v) is 13.8. The van der Waals surface area contributed by atoms with Gasteiger partial charge in [0.05, 0.1) is 4.92 Å². The minimum atomic E-state index is -0.463. The molecule has 0 radical (unpaired) electrons. The van der Waals surface area contributed by atoms with Crippen LogP contribution in [0.1, 0.15) is 5.56 Å². The van der Waals surface area contributed by atoms with Crippen LogP contribution in [0.15, 0.2) is 54.9 Å². The van der Waals surface area contributed by atoms with Crippen molar-refractivity contribution in [3.8, 4) is 11.4 Å². The van der Waals surface area contributed by atoms with Crippen molar-refractivity contribution in [3.05, 3.63) is 70.5 Å². The molecule has 0 fully saturated rings. The highest BCUT2D eigenvalue weighted by atomic mass is 16.6. The van der Waals surface area contributed by atoms with Gasteiger partial charge in [-0.05, 0) is 18.1 Å². The number of amides is 1. The number of nitro groups is 1. The van der Waals surface area contributed by atoms with E-state index in [1.54, 1.807) is 17.0 Å². The standard InChI is InChI=1S/C18H15N5O3/c24-17(22-9-8-13-4-1-2-7-16(13)22)11-21-12-19-18(20-21)14-5-3-6-15(10-14)23(25)26/h1-7,10,12H,8-9,11H2. The highest BCUT2D eigenvalue weighted by Gasteiger charge is 2.24. The molecule has 3 aromatic rings. The molecule has 1 aliphatic rings. The topological polar surface area (TPSA) is 94.2 Å². The molecule has 0 spiro atoms. The van der Waals surface area contributed by atoms with Gasteiger partial charge in [0.1, 0.15) is 12.9 Å². The third kappa shape index (κ3) is 2.92. The van der Waals surface area contributed by atoms with E-state index in [2.05, 4.69) is 10.1 Å². The second-order valence-corrected chi connectivity index (χ2v) is 6.00. The van der Waals surface area contributed by atoms with E-state index >= 15 is 0 Å². The molecular formula is C18H15N5O3. The van der Waals surface area contributed by atoms with Crippen LogP contribution < -0.4 is 4.90 Å². The Balaban J connectivity index is 1.52. The number of nitro benzene ring substituents is 1. The highest BCUT2D eigenvalue weighted by molar-refractivity contribution is 5.95. The summed E-state index contributed by atoms with van der Waals surface area (Å²) in [5, 5.41) is 15.2. The fraction of sp³-hybridized carbons (Fsp3) is 0.167. The van der Waals surface area contributed by atoms with Crippen LogP contribution in [-0.4, -0.2) is 32.1 Å². The van der Waals surface area contributed by atoms with E-state index < -0.39 is 4.92 Å². The van der Waals surface area contributed by atoms with Gasteiger partial charge < -0.3 is 4.90 Å². The zero-order chi connectivity index (χ0) is 18.1. The smallest absolute Gasteiger partial charge is 0.270 e. The number of carbonyl (C=O) groups is 1. The summed E-state index contributed by atoms with van der Waals surface area (Å²) in [6, 6.07) is 14.0. The summed E-state index contributed by atoms with van der Waals surface area (Å²) >= 11 is 0. The molecule has 26 heavy (non-hydrogen) atoms. The Kier molecular flexibility index (Phi) is 3.92. The van der Waals surface area contributed by atoms with Crippen molar-refractivity contribution < 1.29 is 9.72 Å². The van der Waals surface area contributed by atoms with Crippen molar-refractivity contribution in [2.24, 2.45) is 0 Å². The molecule has 1 amide bonds. The summed E-state index contributed by atoms with van der Waals surface area (Å²) in [6.45, 7) is 0.723.